The number of aromatic nitrogens is 3. The third-order valence-electron chi connectivity index (χ3n) is 3.54. The van der Waals surface area contributed by atoms with Crippen LogP contribution in [0.1, 0.15) is 38.6 Å². The van der Waals surface area contributed by atoms with Gasteiger partial charge < -0.3 is 10.0 Å². The van der Waals surface area contributed by atoms with Gasteiger partial charge in [0.1, 0.15) is 12.2 Å². The van der Waals surface area contributed by atoms with Crippen molar-refractivity contribution in [1.82, 2.24) is 19.7 Å². The minimum Gasteiger partial charge on any atom is -0.389 e. The molecule has 5 heteroatoms. The van der Waals surface area contributed by atoms with Crippen LogP contribution < -0.4 is 0 Å². The quantitative estimate of drug-likeness (QED) is 0.848. The Morgan fingerprint density at radius 1 is 1.41 bits per heavy atom. The summed E-state index contributed by atoms with van der Waals surface area (Å²) in [6.45, 7) is 6.06. The number of likely N-dealkylation sites (tertiary alicyclic amines) is 1. The molecule has 2 rings (SSSR count). The average molecular weight is 238 g/mol. The molecule has 1 aliphatic rings. The molecular weight excluding hydrogens is 216 g/mol. The van der Waals surface area contributed by atoms with Crippen molar-refractivity contribution >= 4 is 0 Å². The summed E-state index contributed by atoms with van der Waals surface area (Å²) in [5.74, 6) is 0.895. The van der Waals surface area contributed by atoms with Gasteiger partial charge in [-0.15, -0.1) is 0 Å². The lowest BCUT2D eigenvalue weighted by Gasteiger charge is -2.36. The molecule has 0 saturated carbocycles. The topological polar surface area (TPSA) is 54.2 Å². The fourth-order valence-corrected chi connectivity index (χ4v) is 2.34. The molecule has 0 atom stereocenters. The van der Waals surface area contributed by atoms with Crippen LogP contribution in [0.15, 0.2) is 6.33 Å². The van der Waals surface area contributed by atoms with Crippen LogP contribution in [-0.2, 0) is 6.42 Å². The highest BCUT2D eigenvalue weighted by molar-refractivity contribution is 4.97. The number of aliphatic hydroxyl groups is 1. The van der Waals surface area contributed by atoms with Crippen LogP contribution in [0.2, 0.25) is 0 Å². The van der Waals surface area contributed by atoms with Gasteiger partial charge in [-0.05, 0) is 33.7 Å². The van der Waals surface area contributed by atoms with E-state index in [1.54, 1.807) is 6.33 Å². The highest BCUT2D eigenvalue weighted by Crippen LogP contribution is 2.25. The summed E-state index contributed by atoms with van der Waals surface area (Å²) < 4.78 is 1.90. The van der Waals surface area contributed by atoms with Crippen molar-refractivity contribution < 1.29 is 5.11 Å². The number of hydrogen-bond donors (Lipinski definition) is 1. The van der Waals surface area contributed by atoms with Gasteiger partial charge in [0, 0.05) is 25.6 Å². The van der Waals surface area contributed by atoms with Crippen molar-refractivity contribution in [2.24, 2.45) is 0 Å². The zero-order chi connectivity index (χ0) is 12.5. The van der Waals surface area contributed by atoms with Gasteiger partial charge >= 0.3 is 0 Å². The first kappa shape index (κ1) is 12.5. The molecule has 0 amide bonds. The minimum atomic E-state index is -0.605. The fraction of sp³-hybridized carbons (Fsp3) is 0.833. The monoisotopic (exact) mass is 238 g/mol. The molecule has 1 saturated heterocycles. The molecule has 0 bridgehead atoms. The van der Waals surface area contributed by atoms with Gasteiger partial charge in [0.2, 0.25) is 0 Å². The summed E-state index contributed by atoms with van der Waals surface area (Å²) in [7, 11) is 2.09. The van der Waals surface area contributed by atoms with Gasteiger partial charge in [-0.2, -0.15) is 5.10 Å². The Bertz CT molecular complexity index is 366. The van der Waals surface area contributed by atoms with Crippen LogP contribution in [0, 0.1) is 0 Å². The highest BCUT2D eigenvalue weighted by atomic mass is 16.3. The summed E-state index contributed by atoms with van der Waals surface area (Å²) in [4.78, 5) is 6.53. The van der Waals surface area contributed by atoms with E-state index in [1.807, 2.05) is 4.68 Å². The first-order chi connectivity index (χ1) is 8.00. The second kappa shape index (κ2) is 4.74. The van der Waals surface area contributed by atoms with E-state index in [9.17, 15) is 5.11 Å². The Morgan fingerprint density at radius 3 is 2.65 bits per heavy atom. The Labute approximate surface area is 102 Å². The van der Waals surface area contributed by atoms with Crippen LogP contribution in [0.4, 0.5) is 0 Å². The first-order valence-electron chi connectivity index (χ1n) is 6.29. The summed E-state index contributed by atoms with van der Waals surface area (Å²) in [6.07, 6.45) is 3.82. The molecule has 1 aromatic rings. The SMILES string of the molecule is CC(C)n1ncnc1CC1(O)CCN(C)CC1. The molecule has 1 aliphatic heterocycles. The summed E-state index contributed by atoms with van der Waals surface area (Å²) in [5, 5.41) is 14.8. The van der Waals surface area contributed by atoms with Gasteiger partial charge in [-0.3, -0.25) is 0 Å². The lowest BCUT2D eigenvalue weighted by molar-refractivity contribution is -0.0174. The summed E-state index contributed by atoms with van der Waals surface area (Å²) in [5.41, 5.74) is -0.605. The van der Waals surface area contributed by atoms with Crippen molar-refractivity contribution in [1.29, 1.82) is 0 Å². The Hall–Kier alpha value is -0.940. The molecule has 1 aromatic heterocycles. The van der Waals surface area contributed by atoms with E-state index in [4.69, 9.17) is 0 Å². The smallest absolute Gasteiger partial charge is 0.138 e. The van der Waals surface area contributed by atoms with E-state index >= 15 is 0 Å². The predicted molar refractivity (Wildman–Crippen MR) is 65.8 cm³/mol. The zero-order valence-electron chi connectivity index (χ0n) is 10.9. The molecule has 0 radical (unpaired) electrons. The molecule has 5 nitrogen and oxygen atoms in total. The standard InChI is InChI=1S/C12H22N4O/c1-10(2)16-11(13-9-14-16)8-12(17)4-6-15(3)7-5-12/h9-10,17H,4-8H2,1-3H3. The Morgan fingerprint density at radius 2 is 2.06 bits per heavy atom. The van der Waals surface area contributed by atoms with Crippen molar-refractivity contribution in [2.75, 3.05) is 20.1 Å². The number of piperidine rings is 1. The summed E-state index contributed by atoms with van der Waals surface area (Å²) in [6, 6.07) is 0.294. The zero-order valence-corrected chi connectivity index (χ0v) is 10.9. The van der Waals surface area contributed by atoms with Crippen molar-refractivity contribution in [3.8, 4) is 0 Å². The van der Waals surface area contributed by atoms with E-state index < -0.39 is 5.60 Å². The fourth-order valence-electron chi connectivity index (χ4n) is 2.34. The minimum absolute atomic E-state index is 0.294. The Balaban J connectivity index is 2.07. The normalized spacial score (nSPS) is 21.0. The third kappa shape index (κ3) is 2.84. The molecular formula is C12H22N4O. The predicted octanol–water partition coefficient (Wildman–Crippen LogP) is 0.858. The van der Waals surface area contributed by atoms with Crippen LogP contribution in [-0.4, -0.2) is 50.5 Å². The number of nitrogens with zero attached hydrogens (tertiary/aromatic N) is 4. The first-order valence-corrected chi connectivity index (χ1v) is 6.29. The highest BCUT2D eigenvalue weighted by Gasteiger charge is 2.33. The van der Waals surface area contributed by atoms with Crippen LogP contribution in [0.25, 0.3) is 0 Å². The van der Waals surface area contributed by atoms with Gasteiger partial charge in [-0.1, -0.05) is 0 Å². The lowest BCUT2D eigenvalue weighted by Crippen LogP contribution is -2.44. The molecule has 0 aromatic carbocycles. The molecule has 1 N–H and O–H groups in total. The maximum atomic E-state index is 10.6. The second-order valence-electron chi connectivity index (χ2n) is 5.42. The second-order valence-corrected chi connectivity index (χ2v) is 5.42. The van der Waals surface area contributed by atoms with Crippen molar-refractivity contribution in [3.05, 3.63) is 12.2 Å². The van der Waals surface area contributed by atoms with E-state index in [1.165, 1.54) is 0 Å². The molecule has 1 fully saturated rings. The van der Waals surface area contributed by atoms with Gasteiger partial charge in [-0.25, -0.2) is 9.67 Å². The maximum absolute atomic E-state index is 10.6. The van der Waals surface area contributed by atoms with Crippen molar-refractivity contribution in [2.45, 2.75) is 44.8 Å². The van der Waals surface area contributed by atoms with E-state index in [-0.39, 0.29) is 0 Å². The number of hydrogen-bond acceptors (Lipinski definition) is 4. The van der Waals surface area contributed by atoms with Crippen LogP contribution in [0.5, 0.6) is 0 Å². The maximum Gasteiger partial charge on any atom is 0.138 e. The largest absolute Gasteiger partial charge is 0.389 e. The average Bonchev–Trinajstić information content (AvgIpc) is 2.71. The lowest BCUT2D eigenvalue weighted by atomic mass is 9.88. The van der Waals surface area contributed by atoms with Crippen LogP contribution in [0.3, 0.4) is 0 Å². The summed E-state index contributed by atoms with van der Waals surface area (Å²) >= 11 is 0. The van der Waals surface area contributed by atoms with Crippen molar-refractivity contribution in [3.63, 3.8) is 0 Å². The molecule has 0 unspecified atom stereocenters. The number of rotatable bonds is 3. The van der Waals surface area contributed by atoms with E-state index in [0.29, 0.717) is 12.5 Å². The van der Waals surface area contributed by atoms with Gasteiger partial charge in [0.15, 0.2) is 0 Å². The van der Waals surface area contributed by atoms with Gasteiger partial charge in [0.25, 0.3) is 0 Å². The molecule has 0 aliphatic carbocycles. The van der Waals surface area contributed by atoms with Gasteiger partial charge in [0.05, 0.1) is 5.60 Å². The van der Waals surface area contributed by atoms with Crippen LogP contribution >= 0.6 is 0 Å². The molecule has 17 heavy (non-hydrogen) atoms. The van der Waals surface area contributed by atoms with E-state index in [0.717, 1.165) is 31.8 Å². The molecule has 2 heterocycles. The molecule has 0 spiro atoms. The Kier molecular flexibility index (Phi) is 3.49. The molecule has 96 valence electrons. The van der Waals surface area contributed by atoms with E-state index in [2.05, 4.69) is 35.9 Å². The third-order valence-corrected chi connectivity index (χ3v) is 3.54.